The van der Waals surface area contributed by atoms with E-state index in [1.54, 1.807) is 19.9 Å². The van der Waals surface area contributed by atoms with Gasteiger partial charge in [0.25, 0.3) is 0 Å². The van der Waals surface area contributed by atoms with Crippen LogP contribution in [0, 0.1) is 25.2 Å². The van der Waals surface area contributed by atoms with Gasteiger partial charge in [0, 0.05) is 5.69 Å². The van der Waals surface area contributed by atoms with Crippen molar-refractivity contribution in [1.82, 2.24) is 4.98 Å². The minimum atomic E-state index is -1.26. The molecular formula is C12H17N3O3. The van der Waals surface area contributed by atoms with Crippen molar-refractivity contribution in [2.75, 3.05) is 25.1 Å². The maximum atomic E-state index is 9.26. The lowest BCUT2D eigenvalue weighted by Gasteiger charge is -2.30. The van der Waals surface area contributed by atoms with Gasteiger partial charge in [0.05, 0.1) is 36.8 Å². The van der Waals surface area contributed by atoms with Crippen LogP contribution in [0.1, 0.15) is 17.0 Å². The maximum absolute atomic E-state index is 9.26. The smallest absolute Gasteiger partial charge is 0.107 e. The standard InChI is InChI=1S/C12H17N3O3/c1-8-3-11(10(4-13)9(2)14-8)15-12(5-16,6-17)7-18/h3,16-18H,5-7H2,1-2H3,(H,14,15). The number of hydrogen-bond acceptors (Lipinski definition) is 6. The second-order valence-electron chi connectivity index (χ2n) is 4.26. The van der Waals surface area contributed by atoms with Crippen molar-refractivity contribution in [3.8, 4) is 6.07 Å². The van der Waals surface area contributed by atoms with Crippen LogP contribution in [-0.2, 0) is 0 Å². The zero-order valence-corrected chi connectivity index (χ0v) is 10.4. The fourth-order valence-corrected chi connectivity index (χ4v) is 1.62. The minimum Gasteiger partial charge on any atom is -0.394 e. The van der Waals surface area contributed by atoms with E-state index >= 15 is 0 Å². The number of aliphatic hydroxyl groups excluding tert-OH is 3. The van der Waals surface area contributed by atoms with Crippen LogP contribution in [0.2, 0.25) is 0 Å². The number of nitrogens with one attached hydrogen (secondary N) is 1. The molecule has 6 nitrogen and oxygen atoms in total. The zero-order chi connectivity index (χ0) is 13.8. The van der Waals surface area contributed by atoms with Gasteiger partial charge in [0.15, 0.2) is 0 Å². The number of hydrogen-bond donors (Lipinski definition) is 4. The van der Waals surface area contributed by atoms with Gasteiger partial charge in [-0.25, -0.2) is 0 Å². The first-order valence-corrected chi connectivity index (χ1v) is 5.51. The number of nitrogens with zero attached hydrogens (tertiary/aromatic N) is 2. The molecule has 0 unspecified atom stereocenters. The van der Waals surface area contributed by atoms with E-state index in [0.717, 1.165) is 0 Å². The molecule has 6 heteroatoms. The average molecular weight is 251 g/mol. The van der Waals surface area contributed by atoms with Gasteiger partial charge in [-0.2, -0.15) is 5.26 Å². The van der Waals surface area contributed by atoms with Crippen LogP contribution in [-0.4, -0.2) is 45.7 Å². The summed E-state index contributed by atoms with van der Waals surface area (Å²) in [6, 6.07) is 3.66. The Kier molecular flexibility index (Phi) is 4.62. The number of aromatic nitrogens is 1. The zero-order valence-electron chi connectivity index (χ0n) is 10.4. The topological polar surface area (TPSA) is 109 Å². The Labute approximate surface area is 106 Å². The van der Waals surface area contributed by atoms with Crippen molar-refractivity contribution in [2.45, 2.75) is 19.4 Å². The Hall–Kier alpha value is -1.68. The predicted octanol–water partition coefficient (Wildman–Crippen LogP) is -0.302. The van der Waals surface area contributed by atoms with Gasteiger partial charge in [0.2, 0.25) is 0 Å². The summed E-state index contributed by atoms with van der Waals surface area (Å²) in [5.74, 6) is 0. The van der Waals surface area contributed by atoms with E-state index in [1.165, 1.54) is 0 Å². The van der Waals surface area contributed by atoms with E-state index in [-0.39, 0.29) is 0 Å². The SMILES string of the molecule is Cc1cc(NC(CO)(CO)CO)c(C#N)c(C)n1. The van der Waals surface area contributed by atoms with Crippen molar-refractivity contribution >= 4 is 5.69 Å². The summed E-state index contributed by atoms with van der Waals surface area (Å²) in [4.78, 5) is 4.16. The van der Waals surface area contributed by atoms with E-state index in [9.17, 15) is 15.3 Å². The Bertz CT molecular complexity index is 456. The molecule has 0 bridgehead atoms. The molecule has 4 N–H and O–H groups in total. The molecule has 0 saturated heterocycles. The van der Waals surface area contributed by atoms with Crippen LogP contribution in [0.25, 0.3) is 0 Å². The quantitative estimate of drug-likeness (QED) is 0.572. The first kappa shape index (κ1) is 14.4. The largest absolute Gasteiger partial charge is 0.394 e. The predicted molar refractivity (Wildman–Crippen MR) is 66.0 cm³/mol. The van der Waals surface area contributed by atoms with Crippen molar-refractivity contribution in [3.05, 3.63) is 23.0 Å². The van der Waals surface area contributed by atoms with Crippen molar-refractivity contribution in [2.24, 2.45) is 0 Å². The lowest BCUT2D eigenvalue weighted by molar-refractivity contribution is 0.0833. The molecule has 0 saturated carbocycles. The van der Waals surface area contributed by atoms with Crippen molar-refractivity contribution in [3.63, 3.8) is 0 Å². The molecule has 0 spiro atoms. The van der Waals surface area contributed by atoms with E-state index in [2.05, 4.69) is 10.3 Å². The number of pyridine rings is 1. The second kappa shape index (κ2) is 5.78. The summed E-state index contributed by atoms with van der Waals surface area (Å²) in [5, 5.41) is 39.7. The molecule has 0 atom stereocenters. The van der Waals surface area contributed by atoms with E-state index in [4.69, 9.17) is 5.26 Å². The van der Waals surface area contributed by atoms with Crippen LogP contribution in [0.15, 0.2) is 6.07 Å². The van der Waals surface area contributed by atoms with Gasteiger partial charge >= 0.3 is 0 Å². The fourth-order valence-electron chi connectivity index (χ4n) is 1.62. The molecule has 0 fully saturated rings. The van der Waals surface area contributed by atoms with Crippen molar-refractivity contribution < 1.29 is 15.3 Å². The molecule has 1 rings (SSSR count). The van der Waals surface area contributed by atoms with E-state index in [0.29, 0.717) is 22.6 Å². The third-order valence-electron chi connectivity index (χ3n) is 2.75. The molecule has 0 radical (unpaired) electrons. The molecule has 1 heterocycles. The maximum Gasteiger partial charge on any atom is 0.107 e. The molecule has 18 heavy (non-hydrogen) atoms. The summed E-state index contributed by atoms with van der Waals surface area (Å²) >= 11 is 0. The molecule has 1 aromatic rings. The highest BCUT2D eigenvalue weighted by atomic mass is 16.3. The van der Waals surface area contributed by atoms with Crippen molar-refractivity contribution in [1.29, 1.82) is 5.26 Å². The lowest BCUT2D eigenvalue weighted by Crippen LogP contribution is -2.49. The minimum absolute atomic E-state index is 0.334. The number of rotatable bonds is 5. The van der Waals surface area contributed by atoms with E-state index < -0.39 is 25.4 Å². The third kappa shape index (κ3) is 2.76. The van der Waals surface area contributed by atoms with Crippen LogP contribution >= 0.6 is 0 Å². The summed E-state index contributed by atoms with van der Waals surface area (Å²) in [6.07, 6.45) is 0. The second-order valence-corrected chi connectivity index (χ2v) is 4.26. The molecule has 0 aliphatic carbocycles. The van der Waals surface area contributed by atoms with Gasteiger partial charge in [-0.1, -0.05) is 0 Å². The number of anilines is 1. The van der Waals surface area contributed by atoms with Gasteiger partial charge in [-0.05, 0) is 19.9 Å². The number of nitriles is 1. The molecule has 1 aromatic heterocycles. The lowest BCUT2D eigenvalue weighted by atomic mass is 10.0. The van der Waals surface area contributed by atoms with Crippen LogP contribution in [0.4, 0.5) is 5.69 Å². The normalized spacial score (nSPS) is 11.1. The molecule has 0 amide bonds. The van der Waals surface area contributed by atoms with Crippen LogP contribution in [0.5, 0.6) is 0 Å². The van der Waals surface area contributed by atoms with Gasteiger partial charge in [0.1, 0.15) is 11.6 Å². The van der Waals surface area contributed by atoms with Gasteiger partial charge in [-0.15, -0.1) is 0 Å². The monoisotopic (exact) mass is 251 g/mol. The highest BCUT2D eigenvalue weighted by molar-refractivity contribution is 5.61. The Morgan fingerprint density at radius 3 is 2.28 bits per heavy atom. The molecular weight excluding hydrogens is 234 g/mol. The first-order chi connectivity index (χ1) is 8.51. The fraction of sp³-hybridized carbons (Fsp3) is 0.500. The van der Waals surface area contributed by atoms with Gasteiger partial charge < -0.3 is 20.6 Å². The highest BCUT2D eigenvalue weighted by Gasteiger charge is 2.29. The molecule has 0 aliphatic heterocycles. The highest BCUT2D eigenvalue weighted by Crippen LogP contribution is 2.22. The Balaban J connectivity index is 3.22. The molecule has 0 aliphatic rings. The van der Waals surface area contributed by atoms with E-state index in [1.807, 2.05) is 6.07 Å². The first-order valence-electron chi connectivity index (χ1n) is 5.51. The number of aryl methyl sites for hydroxylation is 2. The Morgan fingerprint density at radius 2 is 1.83 bits per heavy atom. The summed E-state index contributed by atoms with van der Waals surface area (Å²) in [7, 11) is 0. The Morgan fingerprint density at radius 1 is 1.28 bits per heavy atom. The van der Waals surface area contributed by atoms with Crippen LogP contribution in [0.3, 0.4) is 0 Å². The van der Waals surface area contributed by atoms with Crippen LogP contribution < -0.4 is 5.32 Å². The summed E-state index contributed by atoms with van der Waals surface area (Å²) < 4.78 is 0. The number of aliphatic hydroxyl groups is 3. The molecule has 0 aromatic carbocycles. The summed E-state index contributed by atoms with van der Waals surface area (Å²) in [5.41, 5.74) is 0.783. The van der Waals surface area contributed by atoms with Gasteiger partial charge in [-0.3, -0.25) is 4.98 Å². The molecule has 98 valence electrons. The summed E-state index contributed by atoms with van der Waals surface area (Å²) in [6.45, 7) is 2.12. The third-order valence-corrected chi connectivity index (χ3v) is 2.75. The average Bonchev–Trinajstić information content (AvgIpc) is 2.35.